The summed E-state index contributed by atoms with van der Waals surface area (Å²) in [6, 6.07) is 11.6. The second-order valence-corrected chi connectivity index (χ2v) is 10.1. The summed E-state index contributed by atoms with van der Waals surface area (Å²) in [4.78, 5) is 24.6. The molecule has 0 aliphatic rings. The van der Waals surface area contributed by atoms with Crippen LogP contribution >= 0.6 is 22.9 Å². The summed E-state index contributed by atoms with van der Waals surface area (Å²) in [6.45, 7) is 3.98. The number of carbonyl (C=O) groups is 2. The molecule has 2 amide bonds. The van der Waals surface area contributed by atoms with E-state index in [1.807, 2.05) is 18.2 Å². The predicted octanol–water partition coefficient (Wildman–Crippen LogP) is 4.69. The van der Waals surface area contributed by atoms with E-state index in [4.69, 9.17) is 11.6 Å². The monoisotopic (exact) mass is 535 g/mol. The highest BCUT2D eigenvalue weighted by Gasteiger charge is 2.25. The Morgan fingerprint density at radius 3 is 2.42 bits per heavy atom. The van der Waals surface area contributed by atoms with Gasteiger partial charge in [-0.05, 0) is 47.7 Å². The van der Waals surface area contributed by atoms with Gasteiger partial charge < -0.3 is 21.1 Å². The molecular weight excluding hydrogens is 508 g/mol. The molecule has 6 nitrogen and oxygen atoms in total. The summed E-state index contributed by atoms with van der Waals surface area (Å²) in [5.41, 5.74) is 2.64. The van der Waals surface area contributed by atoms with E-state index in [1.165, 1.54) is 18.6 Å². The maximum absolute atomic E-state index is 13.8. The molecule has 2 aromatic carbocycles. The molecule has 0 aliphatic heterocycles. The standard InChI is InChI=1S/C26H28ClF2N3O3S/c1-3-16-5-4-6-17(7-16)13-30-14-23(34)22(10-18-8-19(28)11-20(29)9-18)32-25(35)21-12-24(27)36-26(21)31-15(2)33/h4-9,11-12,22-23,30,34H,3,10,13-14H2,1-2H3,(H,31,33)(H,32,35)/t22-,23-/m0/s1. The van der Waals surface area contributed by atoms with E-state index in [-0.39, 0.29) is 35.0 Å². The first-order valence-electron chi connectivity index (χ1n) is 11.4. The highest BCUT2D eigenvalue weighted by Crippen LogP contribution is 2.32. The van der Waals surface area contributed by atoms with Crippen LogP contribution < -0.4 is 16.0 Å². The Kier molecular flexibility index (Phi) is 9.95. The lowest BCUT2D eigenvalue weighted by molar-refractivity contribution is -0.114. The molecule has 0 spiro atoms. The molecule has 0 unspecified atom stereocenters. The number of carbonyl (C=O) groups excluding carboxylic acids is 2. The van der Waals surface area contributed by atoms with Crippen LogP contribution in [0.1, 0.15) is 40.9 Å². The highest BCUT2D eigenvalue weighted by molar-refractivity contribution is 7.20. The van der Waals surface area contributed by atoms with Crippen molar-refractivity contribution >= 4 is 39.8 Å². The molecule has 0 saturated heterocycles. The lowest BCUT2D eigenvalue weighted by atomic mass is 10.00. The zero-order valence-corrected chi connectivity index (χ0v) is 21.5. The number of thiophene rings is 1. The molecule has 10 heteroatoms. The third kappa shape index (κ3) is 8.09. The summed E-state index contributed by atoms with van der Waals surface area (Å²) in [5.74, 6) is -2.46. The van der Waals surface area contributed by atoms with Crippen molar-refractivity contribution in [3.05, 3.63) is 86.8 Å². The molecule has 192 valence electrons. The third-order valence-corrected chi connectivity index (χ3v) is 6.66. The Bertz CT molecular complexity index is 1200. The summed E-state index contributed by atoms with van der Waals surface area (Å²) in [7, 11) is 0. The normalized spacial score (nSPS) is 12.7. The smallest absolute Gasteiger partial charge is 0.254 e. The van der Waals surface area contributed by atoms with Gasteiger partial charge in [-0.3, -0.25) is 9.59 Å². The Balaban J connectivity index is 1.76. The van der Waals surface area contributed by atoms with Crippen molar-refractivity contribution in [1.82, 2.24) is 10.6 Å². The quantitative estimate of drug-likeness (QED) is 0.287. The lowest BCUT2D eigenvalue weighted by Gasteiger charge is -2.25. The first-order chi connectivity index (χ1) is 17.1. The van der Waals surface area contributed by atoms with Gasteiger partial charge in [0.25, 0.3) is 5.91 Å². The number of hydrogen-bond acceptors (Lipinski definition) is 5. The number of aryl methyl sites for hydroxylation is 1. The Hall–Kier alpha value is -2.85. The summed E-state index contributed by atoms with van der Waals surface area (Å²) in [5, 5.41) is 19.7. The lowest BCUT2D eigenvalue weighted by Crippen LogP contribution is -2.48. The Morgan fingerprint density at radius 2 is 1.75 bits per heavy atom. The van der Waals surface area contributed by atoms with E-state index in [9.17, 15) is 23.5 Å². The number of anilines is 1. The van der Waals surface area contributed by atoms with Crippen molar-refractivity contribution in [2.24, 2.45) is 0 Å². The van der Waals surface area contributed by atoms with Crippen LogP contribution in [0.2, 0.25) is 4.34 Å². The van der Waals surface area contributed by atoms with Crippen molar-refractivity contribution in [1.29, 1.82) is 0 Å². The number of aliphatic hydroxyl groups is 1. The third-order valence-electron chi connectivity index (χ3n) is 5.48. The fourth-order valence-electron chi connectivity index (χ4n) is 3.76. The van der Waals surface area contributed by atoms with Crippen molar-refractivity contribution < 1.29 is 23.5 Å². The van der Waals surface area contributed by atoms with Crippen LogP contribution in [0, 0.1) is 11.6 Å². The van der Waals surface area contributed by atoms with Gasteiger partial charge in [-0.2, -0.15) is 0 Å². The second-order valence-electron chi connectivity index (χ2n) is 8.41. The minimum absolute atomic E-state index is 0.0259. The van der Waals surface area contributed by atoms with E-state index >= 15 is 0 Å². The number of benzene rings is 2. The molecule has 0 bridgehead atoms. The van der Waals surface area contributed by atoms with E-state index in [1.54, 1.807) is 0 Å². The molecule has 4 N–H and O–H groups in total. The number of hydrogen-bond donors (Lipinski definition) is 4. The topological polar surface area (TPSA) is 90.5 Å². The van der Waals surface area contributed by atoms with Gasteiger partial charge in [0.05, 0.1) is 22.0 Å². The summed E-state index contributed by atoms with van der Waals surface area (Å²) < 4.78 is 27.9. The maximum Gasteiger partial charge on any atom is 0.254 e. The maximum atomic E-state index is 13.8. The number of nitrogens with one attached hydrogen (secondary N) is 3. The van der Waals surface area contributed by atoms with E-state index < -0.39 is 29.7 Å². The molecule has 36 heavy (non-hydrogen) atoms. The largest absolute Gasteiger partial charge is 0.390 e. The van der Waals surface area contributed by atoms with Crippen LogP contribution in [-0.4, -0.2) is 35.6 Å². The number of halogens is 3. The molecule has 1 aromatic heterocycles. The van der Waals surface area contributed by atoms with Crippen LogP contribution in [-0.2, 0) is 24.2 Å². The van der Waals surface area contributed by atoms with E-state index in [0.29, 0.717) is 10.9 Å². The Morgan fingerprint density at radius 1 is 1.06 bits per heavy atom. The van der Waals surface area contributed by atoms with Crippen LogP contribution in [0.3, 0.4) is 0 Å². The molecule has 0 radical (unpaired) electrons. The minimum atomic E-state index is -1.09. The van der Waals surface area contributed by atoms with Gasteiger partial charge in [-0.15, -0.1) is 11.3 Å². The molecule has 3 rings (SSSR count). The van der Waals surface area contributed by atoms with E-state index in [2.05, 4.69) is 28.9 Å². The first-order valence-corrected chi connectivity index (χ1v) is 12.6. The van der Waals surface area contributed by atoms with Crippen molar-refractivity contribution in [3.63, 3.8) is 0 Å². The molecule has 0 aliphatic carbocycles. The molecule has 0 saturated carbocycles. The zero-order chi connectivity index (χ0) is 26.2. The van der Waals surface area contributed by atoms with Gasteiger partial charge in [-0.1, -0.05) is 42.8 Å². The Labute approximate surface area is 217 Å². The number of rotatable bonds is 11. The fraction of sp³-hybridized carbons (Fsp3) is 0.308. The second kappa shape index (κ2) is 12.9. The average Bonchev–Trinajstić information content (AvgIpc) is 3.17. The van der Waals surface area contributed by atoms with Gasteiger partial charge in [0, 0.05) is 26.1 Å². The molecule has 2 atom stereocenters. The van der Waals surface area contributed by atoms with Gasteiger partial charge in [-0.25, -0.2) is 8.78 Å². The van der Waals surface area contributed by atoms with Gasteiger partial charge in [0.2, 0.25) is 5.91 Å². The van der Waals surface area contributed by atoms with Crippen molar-refractivity contribution in [3.8, 4) is 0 Å². The highest BCUT2D eigenvalue weighted by atomic mass is 35.5. The van der Waals surface area contributed by atoms with E-state index in [0.717, 1.165) is 41.5 Å². The fourth-order valence-corrected chi connectivity index (χ4v) is 4.93. The molecular formula is C26H28ClF2N3O3S. The van der Waals surface area contributed by atoms with Gasteiger partial charge >= 0.3 is 0 Å². The van der Waals surface area contributed by atoms with Gasteiger partial charge in [0.15, 0.2) is 0 Å². The zero-order valence-electron chi connectivity index (χ0n) is 19.9. The molecule has 3 aromatic rings. The predicted molar refractivity (Wildman–Crippen MR) is 138 cm³/mol. The number of aliphatic hydroxyl groups excluding tert-OH is 1. The first kappa shape index (κ1) is 27.7. The average molecular weight is 536 g/mol. The summed E-state index contributed by atoms with van der Waals surface area (Å²) >= 11 is 7.08. The van der Waals surface area contributed by atoms with Crippen LogP contribution in [0.15, 0.2) is 48.5 Å². The van der Waals surface area contributed by atoms with Crippen LogP contribution in [0.4, 0.5) is 13.8 Å². The van der Waals surface area contributed by atoms with Crippen LogP contribution in [0.25, 0.3) is 0 Å². The SMILES string of the molecule is CCc1cccc(CNC[C@H](O)[C@H](Cc2cc(F)cc(F)c2)NC(=O)c2cc(Cl)sc2NC(C)=O)c1. The van der Waals surface area contributed by atoms with Crippen LogP contribution in [0.5, 0.6) is 0 Å². The van der Waals surface area contributed by atoms with Gasteiger partial charge in [0.1, 0.15) is 16.6 Å². The summed E-state index contributed by atoms with van der Waals surface area (Å²) in [6.07, 6.45) is -0.211. The van der Waals surface area contributed by atoms with Crippen molar-refractivity contribution in [2.45, 2.75) is 45.4 Å². The van der Waals surface area contributed by atoms with Crippen molar-refractivity contribution in [2.75, 3.05) is 11.9 Å². The minimum Gasteiger partial charge on any atom is -0.390 e. The molecule has 0 fully saturated rings. The number of amides is 2. The molecule has 1 heterocycles.